The number of aromatic nitrogens is 2. The van der Waals surface area contributed by atoms with E-state index in [2.05, 4.69) is 14.5 Å². The lowest BCUT2D eigenvalue weighted by molar-refractivity contribution is -0.00929. The van der Waals surface area contributed by atoms with E-state index in [1.165, 1.54) is 5.69 Å². The molecule has 0 bridgehead atoms. The quantitative estimate of drug-likeness (QED) is 0.808. The monoisotopic (exact) mass is 239 g/mol. The summed E-state index contributed by atoms with van der Waals surface area (Å²) in [5.41, 5.74) is 1.25. The van der Waals surface area contributed by atoms with E-state index in [1.807, 2.05) is 19.6 Å². The predicted octanol–water partition coefficient (Wildman–Crippen LogP) is 0.393. The third-order valence-corrected chi connectivity index (χ3v) is 3.28. The summed E-state index contributed by atoms with van der Waals surface area (Å²) in [6.07, 6.45) is 6.20. The van der Waals surface area contributed by atoms with Gasteiger partial charge in [0, 0.05) is 32.9 Å². The highest BCUT2D eigenvalue weighted by atomic mass is 16.5. The molecule has 1 N–H and O–H groups in total. The van der Waals surface area contributed by atoms with Gasteiger partial charge in [0.05, 0.1) is 31.3 Å². The molecule has 17 heavy (non-hydrogen) atoms. The highest BCUT2D eigenvalue weighted by Gasteiger charge is 2.19. The van der Waals surface area contributed by atoms with Crippen LogP contribution in [0.2, 0.25) is 0 Å². The lowest BCUT2D eigenvalue weighted by atomic mass is 10.1. The first-order valence-corrected chi connectivity index (χ1v) is 6.19. The van der Waals surface area contributed by atoms with E-state index in [-0.39, 0.29) is 6.61 Å². The number of aryl methyl sites for hydroxylation is 1. The summed E-state index contributed by atoms with van der Waals surface area (Å²) in [6.45, 7) is 3.66. The van der Waals surface area contributed by atoms with E-state index in [4.69, 9.17) is 9.84 Å². The van der Waals surface area contributed by atoms with E-state index in [0.29, 0.717) is 12.7 Å². The van der Waals surface area contributed by atoms with Crippen LogP contribution in [0.3, 0.4) is 0 Å². The normalized spacial score (nSPS) is 18.7. The average molecular weight is 239 g/mol. The van der Waals surface area contributed by atoms with Gasteiger partial charge in [-0.3, -0.25) is 4.90 Å². The molecule has 0 spiro atoms. The van der Waals surface area contributed by atoms with Crippen LogP contribution in [-0.4, -0.2) is 52.0 Å². The van der Waals surface area contributed by atoms with Gasteiger partial charge in [-0.15, -0.1) is 0 Å². The Balaban J connectivity index is 1.74. The van der Waals surface area contributed by atoms with Gasteiger partial charge in [-0.1, -0.05) is 0 Å². The summed E-state index contributed by atoms with van der Waals surface area (Å²) in [5, 5.41) is 8.71. The standard InChI is InChI=1S/C12H21N3O2/c1-14-10-13-8-11(14)9-15-4-2-12(3-5-15)17-7-6-16/h8,10,12,16H,2-7,9H2,1H3. The molecule has 0 aromatic carbocycles. The Morgan fingerprint density at radius 2 is 2.24 bits per heavy atom. The van der Waals surface area contributed by atoms with Crippen LogP contribution >= 0.6 is 0 Å². The zero-order chi connectivity index (χ0) is 12.1. The second kappa shape index (κ2) is 6.14. The smallest absolute Gasteiger partial charge is 0.0945 e. The molecule has 0 unspecified atom stereocenters. The Morgan fingerprint density at radius 1 is 1.47 bits per heavy atom. The summed E-state index contributed by atoms with van der Waals surface area (Å²) >= 11 is 0. The van der Waals surface area contributed by atoms with Crippen molar-refractivity contribution in [2.45, 2.75) is 25.5 Å². The number of nitrogens with zero attached hydrogens (tertiary/aromatic N) is 3. The van der Waals surface area contributed by atoms with Gasteiger partial charge in [-0.2, -0.15) is 0 Å². The second-order valence-electron chi connectivity index (χ2n) is 4.57. The molecule has 0 amide bonds. The molecule has 1 aliphatic heterocycles. The molecule has 0 radical (unpaired) electrons. The zero-order valence-electron chi connectivity index (χ0n) is 10.4. The molecule has 1 aromatic rings. The Hall–Kier alpha value is -0.910. The van der Waals surface area contributed by atoms with Gasteiger partial charge in [0.25, 0.3) is 0 Å². The fourth-order valence-electron chi connectivity index (χ4n) is 2.22. The number of aliphatic hydroxyl groups is 1. The van der Waals surface area contributed by atoms with Crippen molar-refractivity contribution in [3.63, 3.8) is 0 Å². The number of ether oxygens (including phenoxy) is 1. The molecule has 5 heteroatoms. The SMILES string of the molecule is Cn1cncc1CN1CCC(OCCO)CC1. The summed E-state index contributed by atoms with van der Waals surface area (Å²) in [6, 6.07) is 0. The molecule has 0 aliphatic carbocycles. The van der Waals surface area contributed by atoms with Crippen molar-refractivity contribution in [2.75, 3.05) is 26.3 Å². The van der Waals surface area contributed by atoms with Crippen LogP contribution in [0, 0.1) is 0 Å². The Bertz CT molecular complexity index is 332. The van der Waals surface area contributed by atoms with Crippen LogP contribution in [-0.2, 0) is 18.3 Å². The first kappa shape index (κ1) is 12.5. The minimum absolute atomic E-state index is 0.120. The van der Waals surface area contributed by atoms with Gasteiger partial charge in [-0.25, -0.2) is 4.98 Å². The highest BCUT2D eigenvalue weighted by molar-refractivity contribution is 4.97. The number of imidazole rings is 1. The number of likely N-dealkylation sites (tertiary alicyclic amines) is 1. The lowest BCUT2D eigenvalue weighted by Crippen LogP contribution is -2.37. The molecule has 1 saturated heterocycles. The molecule has 96 valence electrons. The fraction of sp³-hybridized carbons (Fsp3) is 0.750. The number of hydrogen-bond donors (Lipinski definition) is 1. The Kier molecular flexibility index (Phi) is 4.53. The van der Waals surface area contributed by atoms with Crippen LogP contribution in [0.15, 0.2) is 12.5 Å². The first-order chi connectivity index (χ1) is 8.29. The molecule has 0 saturated carbocycles. The Labute approximate surface area is 102 Å². The van der Waals surface area contributed by atoms with Crippen LogP contribution in [0.1, 0.15) is 18.5 Å². The first-order valence-electron chi connectivity index (χ1n) is 6.19. The predicted molar refractivity (Wildman–Crippen MR) is 64.5 cm³/mol. The number of rotatable bonds is 5. The molecule has 5 nitrogen and oxygen atoms in total. The molecule has 2 rings (SSSR count). The van der Waals surface area contributed by atoms with Crippen LogP contribution < -0.4 is 0 Å². The maximum Gasteiger partial charge on any atom is 0.0945 e. The second-order valence-corrected chi connectivity index (χ2v) is 4.57. The summed E-state index contributed by atoms with van der Waals surface area (Å²) < 4.78 is 7.61. The van der Waals surface area contributed by atoms with Crippen LogP contribution in [0.4, 0.5) is 0 Å². The number of aliphatic hydroxyl groups excluding tert-OH is 1. The topological polar surface area (TPSA) is 50.5 Å². The molecule has 1 fully saturated rings. The van der Waals surface area contributed by atoms with Crippen molar-refractivity contribution in [1.82, 2.24) is 14.5 Å². The number of piperidine rings is 1. The van der Waals surface area contributed by atoms with Gasteiger partial charge in [0.15, 0.2) is 0 Å². The maximum atomic E-state index is 8.71. The minimum atomic E-state index is 0.120. The van der Waals surface area contributed by atoms with Crippen molar-refractivity contribution in [3.05, 3.63) is 18.2 Å². The maximum absolute atomic E-state index is 8.71. The third-order valence-electron chi connectivity index (χ3n) is 3.28. The van der Waals surface area contributed by atoms with Gasteiger partial charge in [0.1, 0.15) is 0 Å². The number of hydrogen-bond acceptors (Lipinski definition) is 4. The van der Waals surface area contributed by atoms with Crippen LogP contribution in [0.25, 0.3) is 0 Å². The zero-order valence-corrected chi connectivity index (χ0v) is 10.4. The van der Waals surface area contributed by atoms with Crippen molar-refractivity contribution in [2.24, 2.45) is 7.05 Å². The summed E-state index contributed by atoms with van der Waals surface area (Å²) in [4.78, 5) is 6.55. The summed E-state index contributed by atoms with van der Waals surface area (Å²) in [5.74, 6) is 0. The van der Waals surface area contributed by atoms with Gasteiger partial charge >= 0.3 is 0 Å². The van der Waals surface area contributed by atoms with Gasteiger partial charge < -0.3 is 14.4 Å². The molecule has 0 atom stereocenters. The van der Waals surface area contributed by atoms with E-state index >= 15 is 0 Å². The molecule has 1 aromatic heterocycles. The Morgan fingerprint density at radius 3 is 2.82 bits per heavy atom. The van der Waals surface area contributed by atoms with E-state index in [1.54, 1.807) is 0 Å². The lowest BCUT2D eigenvalue weighted by Gasteiger charge is -2.31. The van der Waals surface area contributed by atoms with E-state index < -0.39 is 0 Å². The van der Waals surface area contributed by atoms with Crippen LogP contribution in [0.5, 0.6) is 0 Å². The largest absolute Gasteiger partial charge is 0.394 e. The van der Waals surface area contributed by atoms with Gasteiger partial charge in [0.2, 0.25) is 0 Å². The van der Waals surface area contributed by atoms with E-state index in [0.717, 1.165) is 32.5 Å². The molecule has 2 heterocycles. The summed E-state index contributed by atoms with van der Waals surface area (Å²) in [7, 11) is 2.03. The highest BCUT2D eigenvalue weighted by Crippen LogP contribution is 2.15. The van der Waals surface area contributed by atoms with Crippen molar-refractivity contribution < 1.29 is 9.84 Å². The van der Waals surface area contributed by atoms with E-state index in [9.17, 15) is 0 Å². The van der Waals surface area contributed by atoms with Gasteiger partial charge in [-0.05, 0) is 12.8 Å². The fourth-order valence-corrected chi connectivity index (χ4v) is 2.22. The molecular formula is C12H21N3O2. The molecule has 1 aliphatic rings. The van der Waals surface area contributed by atoms with Crippen molar-refractivity contribution in [3.8, 4) is 0 Å². The minimum Gasteiger partial charge on any atom is -0.394 e. The average Bonchev–Trinajstić information content (AvgIpc) is 2.74. The van der Waals surface area contributed by atoms with Crippen molar-refractivity contribution >= 4 is 0 Å². The molecular weight excluding hydrogens is 218 g/mol. The van der Waals surface area contributed by atoms with Crippen molar-refractivity contribution in [1.29, 1.82) is 0 Å². The third kappa shape index (κ3) is 3.52.